The molecule has 2 aromatic carbocycles. The third-order valence-electron chi connectivity index (χ3n) is 5.69. The van der Waals surface area contributed by atoms with Crippen LogP contribution in [0.3, 0.4) is 0 Å². The summed E-state index contributed by atoms with van der Waals surface area (Å²) >= 11 is 0. The van der Waals surface area contributed by atoms with Crippen LogP contribution < -0.4 is 9.47 Å². The fourth-order valence-corrected chi connectivity index (χ4v) is 3.64. The molecule has 3 rings (SSSR count). The molecule has 6 heteroatoms. The molecule has 0 spiro atoms. The molecule has 0 N–H and O–H groups in total. The molecule has 0 bridgehead atoms. The van der Waals surface area contributed by atoms with E-state index in [4.69, 9.17) is 23.7 Å². The first-order valence-corrected chi connectivity index (χ1v) is 12.9. The number of aryl methyl sites for hydroxylation is 1. The van der Waals surface area contributed by atoms with Gasteiger partial charge in [0, 0.05) is 12.5 Å². The van der Waals surface area contributed by atoms with Gasteiger partial charge in [0.25, 0.3) is 0 Å². The fraction of sp³-hybridized carbons (Fsp3) is 0.552. The van der Waals surface area contributed by atoms with Crippen molar-refractivity contribution < 1.29 is 28.5 Å². The van der Waals surface area contributed by atoms with Gasteiger partial charge in [0.1, 0.15) is 6.29 Å². The third kappa shape index (κ3) is 10.8. The molecule has 0 radical (unpaired) electrons. The molecule has 194 valence electrons. The number of hydrogen-bond acceptors (Lipinski definition) is 6. The molecule has 1 aliphatic rings. The van der Waals surface area contributed by atoms with Crippen LogP contribution >= 0.6 is 0 Å². The van der Waals surface area contributed by atoms with Gasteiger partial charge in [-0.2, -0.15) is 0 Å². The van der Waals surface area contributed by atoms with E-state index in [1.807, 2.05) is 43.3 Å². The molecule has 1 unspecified atom stereocenters. The number of unbranched alkanes of at least 4 members (excludes halogenated alkanes) is 1. The zero-order chi connectivity index (χ0) is 25.1. The molecule has 6 nitrogen and oxygen atoms in total. The van der Waals surface area contributed by atoms with Gasteiger partial charge in [0.05, 0.1) is 33.0 Å². The molecular weight excluding hydrogens is 444 g/mol. The van der Waals surface area contributed by atoms with E-state index in [-0.39, 0.29) is 5.92 Å². The molecule has 1 aliphatic heterocycles. The van der Waals surface area contributed by atoms with Crippen molar-refractivity contribution in [2.75, 3.05) is 39.8 Å². The van der Waals surface area contributed by atoms with E-state index in [2.05, 4.69) is 19.9 Å². The van der Waals surface area contributed by atoms with Crippen molar-refractivity contribution in [3.05, 3.63) is 59.2 Å². The lowest BCUT2D eigenvalue weighted by Gasteiger charge is -2.11. The Morgan fingerprint density at radius 1 is 0.829 bits per heavy atom. The molecule has 0 aromatic heterocycles. The summed E-state index contributed by atoms with van der Waals surface area (Å²) in [5, 5.41) is 0. The van der Waals surface area contributed by atoms with Crippen molar-refractivity contribution in [3.8, 4) is 11.5 Å². The summed E-state index contributed by atoms with van der Waals surface area (Å²) in [4.78, 5) is 10.5. The second kappa shape index (κ2) is 17.9. The number of rotatable bonds is 16. The minimum Gasteiger partial charge on any atom is -0.454 e. The average molecular weight is 487 g/mol. The van der Waals surface area contributed by atoms with Crippen molar-refractivity contribution in [2.24, 2.45) is 0 Å². The standard InChI is InChI=1S/C19H30O5.C10H12O/c1-3-5-7-20-8-9-21-10-11-22-14-17-13-19-18(23-15-24-19)12-16(17)6-4-2;1-2-9(8-11)10-6-4-3-5-7-10/h12-13H,3-11,14-15H2,1-2H3;3-9H,2H2,1H3. The van der Waals surface area contributed by atoms with Crippen LogP contribution in [0.2, 0.25) is 0 Å². The second-order valence-corrected chi connectivity index (χ2v) is 8.42. The molecule has 35 heavy (non-hydrogen) atoms. The van der Waals surface area contributed by atoms with Crippen LogP contribution in [0.5, 0.6) is 11.5 Å². The Bertz CT molecular complexity index is 823. The van der Waals surface area contributed by atoms with Gasteiger partial charge >= 0.3 is 0 Å². The average Bonchev–Trinajstić information content (AvgIpc) is 3.34. The van der Waals surface area contributed by atoms with E-state index in [1.54, 1.807) is 0 Å². The quantitative estimate of drug-likeness (QED) is 0.211. The molecule has 2 aromatic rings. The Hall–Kier alpha value is -2.41. The SMILES string of the molecule is CCC(C=O)c1ccccc1.CCCCOCCOCCOCc1cc2c(cc1CCC)OCO2. The number of benzene rings is 2. The summed E-state index contributed by atoms with van der Waals surface area (Å²) in [5.74, 6) is 1.73. The van der Waals surface area contributed by atoms with Crippen molar-refractivity contribution in [1.29, 1.82) is 0 Å². The highest BCUT2D eigenvalue weighted by Gasteiger charge is 2.17. The van der Waals surface area contributed by atoms with Gasteiger partial charge in [-0.05, 0) is 48.1 Å². The molecule has 0 aliphatic carbocycles. The van der Waals surface area contributed by atoms with E-state index in [9.17, 15) is 4.79 Å². The lowest BCUT2D eigenvalue weighted by atomic mass is 9.98. The molecule has 0 saturated carbocycles. The Kier molecular flexibility index (Phi) is 14.8. The van der Waals surface area contributed by atoms with Gasteiger partial charge in [0.2, 0.25) is 6.79 Å². The summed E-state index contributed by atoms with van der Waals surface area (Å²) in [6.45, 7) is 10.5. The number of carbonyl (C=O) groups is 1. The maximum absolute atomic E-state index is 10.5. The minimum atomic E-state index is 0.0798. The van der Waals surface area contributed by atoms with E-state index < -0.39 is 0 Å². The maximum Gasteiger partial charge on any atom is 0.231 e. The largest absolute Gasteiger partial charge is 0.454 e. The summed E-state index contributed by atoms with van der Waals surface area (Å²) in [6.07, 6.45) is 6.27. The van der Waals surface area contributed by atoms with Gasteiger partial charge in [-0.3, -0.25) is 0 Å². The summed E-state index contributed by atoms with van der Waals surface area (Å²) in [5.41, 5.74) is 3.56. The van der Waals surface area contributed by atoms with E-state index in [1.165, 1.54) is 11.1 Å². The number of hydrogen-bond donors (Lipinski definition) is 0. The normalized spacial score (nSPS) is 12.7. The minimum absolute atomic E-state index is 0.0798. The molecule has 1 heterocycles. The summed E-state index contributed by atoms with van der Waals surface area (Å²) in [6, 6.07) is 14.0. The molecule has 0 fully saturated rings. The maximum atomic E-state index is 10.5. The first kappa shape index (κ1) is 28.8. The van der Waals surface area contributed by atoms with Crippen molar-refractivity contribution in [3.63, 3.8) is 0 Å². The lowest BCUT2D eigenvalue weighted by Crippen LogP contribution is -2.10. The van der Waals surface area contributed by atoms with Crippen LogP contribution in [0.25, 0.3) is 0 Å². The van der Waals surface area contributed by atoms with Gasteiger partial charge in [0.15, 0.2) is 11.5 Å². The van der Waals surface area contributed by atoms with Crippen LogP contribution in [0.15, 0.2) is 42.5 Å². The smallest absolute Gasteiger partial charge is 0.231 e. The number of carbonyl (C=O) groups excluding carboxylic acids is 1. The highest BCUT2D eigenvalue weighted by atomic mass is 16.7. The molecule has 1 atom stereocenters. The van der Waals surface area contributed by atoms with Crippen LogP contribution in [0, 0.1) is 0 Å². The highest BCUT2D eigenvalue weighted by molar-refractivity contribution is 5.61. The van der Waals surface area contributed by atoms with Crippen molar-refractivity contribution >= 4 is 6.29 Å². The van der Waals surface area contributed by atoms with Crippen LogP contribution in [0.4, 0.5) is 0 Å². The predicted octanol–water partition coefficient (Wildman–Crippen LogP) is 6.10. The first-order valence-electron chi connectivity index (χ1n) is 12.9. The number of fused-ring (bicyclic) bond motifs is 1. The van der Waals surface area contributed by atoms with Gasteiger partial charge in [-0.1, -0.05) is 63.9 Å². The summed E-state index contributed by atoms with van der Waals surface area (Å²) < 4.78 is 27.6. The van der Waals surface area contributed by atoms with Crippen molar-refractivity contribution in [1.82, 2.24) is 0 Å². The van der Waals surface area contributed by atoms with Gasteiger partial charge in [-0.25, -0.2) is 0 Å². The predicted molar refractivity (Wildman–Crippen MR) is 138 cm³/mol. The first-order chi connectivity index (χ1) is 17.2. The van der Waals surface area contributed by atoms with Crippen molar-refractivity contribution in [2.45, 2.75) is 65.4 Å². The fourth-order valence-electron chi connectivity index (χ4n) is 3.64. The van der Waals surface area contributed by atoms with Gasteiger partial charge < -0.3 is 28.5 Å². The molecule has 0 saturated heterocycles. The topological polar surface area (TPSA) is 63.2 Å². The number of ether oxygens (including phenoxy) is 5. The zero-order valence-electron chi connectivity index (χ0n) is 21.6. The van der Waals surface area contributed by atoms with E-state index >= 15 is 0 Å². The molecular formula is C29H42O6. The molecule has 0 amide bonds. The number of aldehydes is 1. The van der Waals surface area contributed by atoms with Gasteiger partial charge in [-0.15, -0.1) is 0 Å². The van der Waals surface area contributed by atoms with Crippen LogP contribution in [-0.2, 0) is 32.0 Å². The highest BCUT2D eigenvalue weighted by Crippen LogP contribution is 2.35. The van der Waals surface area contributed by atoms with Crippen LogP contribution in [0.1, 0.15) is 69.1 Å². The Morgan fingerprint density at radius 2 is 1.46 bits per heavy atom. The summed E-state index contributed by atoms with van der Waals surface area (Å²) in [7, 11) is 0. The second-order valence-electron chi connectivity index (χ2n) is 8.42. The van der Waals surface area contributed by atoms with E-state index in [0.717, 1.165) is 62.1 Å². The lowest BCUT2D eigenvalue weighted by molar-refractivity contribution is -0.109. The zero-order valence-corrected chi connectivity index (χ0v) is 21.6. The Morgan fingerprint density at radius 3 is 2.06 bits per heavy atom. The Balaban J connectivity index is 0.000000328. The Labute approximate surface area is 210 Å². The third-order valence-corrected chi connectivity index (χ3v) is 5.69. The van der Waals surface area contributed by atoms with Crippen LogP contribution in [-0.4, -0.2) is 46.1 Å². The van der Waals surface area contributed by atoms with E-state index in [0.29, 0.717) is 39.8 Å². The monoisotopic (exact) mass is 486 g/mol.